The second kappa shape index (κ2) is 7.35. The number of aryl methyl sites for hydroxylation is 1. The van der Waals surface area contributed by atoms with Crippen molar-refractivity contribution in [3.8, 4) is 11.6 Å². The predicted molar refractivity (Wildman–Crippen MR) is 93.1 cm³/mol. The molecule has 0 aliphatic carbocycles. The molecule has 0 aliphatic rings. The van der Waals surface area contributed by atoms with Crippen LogP contribution in [-0.2, 0) is 11.3 Å². The van der Waals surface area contributed by atoms with Crippen molar-refractivity contribution in [2.24, 2.45) is 0 Å². The minimum absolute atomic E-state index is 0.125. The van der Waals surface area contributed by atoms with Crippen molar-refractivity contribution in [1.29, 1.82) is 0 Å². The minimum Gasteiger partial charge on any atom is -0.484 e. The first-order chi connectivity index (χ1) is 12.1. The van der Waals surface area contributed by atoms with E-state index in [1.54, 1.807) is 33.5 Å². The minimum atomic E-state index is -0.289. The summed E-state index contributed by atoms with van der Waals surface area (Å²) < 4.78 is 8.91. The Labute approximate surface area is 149 Å². The van der Waals surface area contributed by atoms with Crippen molar-refractivity contribution in [2.75, 3.05) is 11.9 Å². The lowest BCUT2D eigenvalue weighted by Gasteiger charge is -2.09. The van der Waals surface area contributed by atoms with E-state index in [0.29, 0.717) is 28.8 Å². The van der Waals surface area contributed by atoms with Crippen LogP contribution in [0.2, 0.25) is 5.02 Å². The lowest BCUT2D eigenvalue weighted by molar-refractivity contribution is -0.118. The average Bonchev–Trinajstić information content (AvgIpc) is 3.23. The molecule has 1 aromatic carbocycles. The van der Waals surface area contributed by atoms with Gasteiger partial charge in [-0.1, -0.05) is 11.6 Å². The number of amides is 1. The summed E-state index contributed by atoms with van der Waals surface area (Å²) >= 11 is 5.82. The van der Waals surface area contributed by atoms with Crippen LogP contribution in [-0.4, -0.2) is 37.1 Å². The first-order valence-corrected chi connectivity index (χ1v) is 8.07. The van der Waals surface area contributed by atoms with Gasteiger partial charge in [0.2, 0.25) is 0 Å². The molecule has 0 saturated carbocycles. The second-order valence-corrected chi connectivity index (χ2v) is 5.70. The third-order valence-electron chi connectivity index (χ3n) is 3.60. The number of anilines is 1. The van der Waals surface area contributed by atoms with Crippen LogP contribution in [0.4, 0.5) is 5.69 Å². The Morgan fingerprint density at radius 2 is 1.92 bits per heavy atom. The van der Waals surface area contributed by atoms with Crippen molar-refractivity contribution in [3.63, 3.8) is 0 Å². The van der Waals surface area contributed by atoms with Gasteiger partial charge >= 0.3 is 0 Å². The Morgan fingerprint density at radius 1 is 1.24 bits per heavy atom. The third-order valence-corrected chi connectivity index (χ3v) is 3.85. The highest BCUT2D eigenvalue weighted by Crippen LogP contribution is 2.23. The van der Waals surface area contributed by atoms with Gasteiger partial charge in [-0.2, -0.15) is 5.10 Å². The van der Waals surface area contributed by atoms with Gasteiger partial charge in [-0.3, -0.25) is 14.0 Å². The molecule has 25 heavy (non-hydrogen) atoms. The van der Waals surface area contributed by atoms with Crippen molar-refractivity contribution in [1.82, 2.24) is 24.5 Å². The Kier molecular flexibility index (Phi) is 4.99. The van der Waals surface area contributed by atoms with E-state index in [2.05, 4.69) is 20.6 Å². The standard InChI is InChI=1S/C16H17ClN6O2/c1-3-23-11(2)15(16(21-23)22-9-18-19-10-22)20-14(24)8-25-13-6-4-12(17)5-7-13/h4-7,9-10H,3,8H2,1-2H3,(H,20,24). The SMILES string of the molecule is CCn1nc(-n2cnnc2)c(NC(=O)COc2ccc(Cl)cc2)c1C. The molecule has 0 unspecified atom stereocenters. The number of halogens is 1. The van der Waals surface area contributed by atoms with Gasteiger partial charge in [-0.15, -0.1) is 10.2 Å². The van der Waals surface area contributed by atoms with Gasteiger partial charge in [-0.05, 0) is 38.1 Å². The molecule has 0 saturated heterocycles. The summed E-state index contributed by atoms with van der Waals surface area (Å²) in [7, 11) is 0. The molecule has 0 fully saturated rings. The second-order valence-electron chi connectivity index (χ2n) is 5.26. The zero-order chi connectivity index (χ0) is 17.8. The Hall–Kier alpha value is -2.87. The fourth-order valence-electron chi connectivity index (χ4n) is 2.33. The molecule has 0 atom stereocenters. The fraction of sp³-hybridized carbons (Fsp3) is 0.250. The van der Waals surface area contributed by atoms with Crippen molar-refractivity contribution in [2.45, 2.75) is 20.4 Å². The predicted octanol–water partition coefficient (Wildman–Crippen LogP) is 2.46. The smallest absolute Gasteiger partial charge is 0.262 e. The average molecular weight is 361 g/mol. The molecule has 0 spiro atoms. The molecule has 9 heteroatoms. The monoisotopic (exact) mass is 360 g/mol. The van der Waals surface area contributed by atoms with Crippen molar-refractivity contribution >= 4 is 23.2 Å². The van der Waals surface area contributed by atoms with E-state index >= 15 is 0 Å². The van der Waals surface area contributed by atoms with Crippen LogP contribution in [0.5, 0.6) is 5.75 Å². The van der Waals surface area contributed by atoms with Crippen LogP contribution < -0.4 is 10.1 Å². The van der Waals surface area contributed by atoms with Gasteiger partial charge in [0.05, 0.1) is 5.69 Å². The van der Waals surface area contributed by atoms with Gasteiger partial charge in [-0.25, -0.2) is 0 Å². The van der Waals surface area contributed by atoms with E-state index in [9.17, 15) is 4.79 Å². The number of benzene rings is 1. The first-order valence-electron chi connectivity index (χ1n) is 7.69. The highest BCUT2D eigenvalue weighted by molar-refractivity contribution is 6.30. The molecule has 0 aliphatic heterocycles. The molecule has 1 amide bonds. The van der Waals surface area contributed by atoms with Gasteiger partial charge in [0.25, 0.3) is 5.91 Å². The topological polar surface area (TPSA) is 86.9 Å². The number of rotatable bonds is 6. The van der Waals surface area contributed by atoms with Gasteiger partial charge < -0.3 is 10.1 Å². The number of hydrogen-bond acceptors (Lipinski definition) is 5. The number of carbonyl (C=O) groups is 1. The molecular formula is C16H17ClN6O2. The quantitative estimate of drug-likeness (QED) is 0.729. The van der Waals surface area contributed by atoms with Crippen LogP contribution in [0.3, 0.4) is 0 Å². The Bertz CT molecular complexity index is 858. The Morgan fingerprint density at radius 3 is 2.56 bits per heavy atom. The van der Waals surface area contributed by atoms with E-state index in [-0.39, 0.29) is 12.5 Å². The molecular weight excluding hydrogens is 344 g/mol. The summed E-state index contributed by atoms with van der Waals surface area (Å²) in [6.07, 6.45) is 3.06. The molecule has 2 aromatic heterocycles. The number of aromatic nitrogens is 5. The van der Waals surface area contributed by atoms with E-state index in [0.717, 1.165) is 5.69 Å². The summed E-state index contributed by atoms with van der Waals surface area (Å²) in [6.45, 7) is 4.42. The number of ether oxygens (including phenoxy) is 1. The fourth-order valence-corrected chi connectivity index (χ4v) is 2.46. The summed E-state index contributed by atoms with van der Waals surface area (Å²) in [5.74, 6) is 0.840. The molecule has 3 rings (SSSR count). The van der Waals surface area contributed by atoms with E-state index < -0.39 is 0 Å². The van der Waals surface area contributed by atoms with Crippen LogP contribution in [0.25, 0.3) is 5.82 Å². The molecule has 8 nitrogen and oxygen atoms in total. The molecule has 0 bridgehead atoms. The highest BCUT2D eigenvalue weighted by Gasteiger charge is 2.18. The molecule has 2 heterocycles. The maximum absolute atomic E-state index is 12.3. The van der Waals surface area contributed by atoms with Gasteiger partial charge in [0, 0.05) is 11.6 Å². The zero-order valence-electron chi connectivity index (χ0n) is 13.8. The molecule has 130 valence electrons. The maximum Gasteiger partial charge on any atom is 0.262 e. The number of nitrogens with zero attached hydrogens (tertiary/aromatic N) is 5. The van der Waals surface area contributed by atoms with Crippen molar-refractivity contribution in [3.05, 3.63) is 47.6 Å². The van der Waals surface area contributed by atoms with Crippen LogP contribution in [0.1, 0.15) is 12.6 Å². The summed E-state index contributed by atoms with van der Waals surface area (Å²) in [4.78, 5) is 12.3. The number of carbonyl (C=O) groups excluding carboxylic acids is 1. The van der Waals surface area contributed by atoms with Crippen LogP contribution >= 0.6 is 11.6 Å². The summed E-state index contributed by atoms with van der Waals surface area (Å²) in [5.41, 5.74) is 1.44. The number of nitrogens with one attached hydrogen (secondary N) is 1. The zero-order valence-corrected chi connectivity index (χ0v) is 14.6. The summed E-state index contributed by atoms with van der Waals surface area (Å²) in [5, 5.41) is 15.5. The highest BCUT2D eigenvalue weighted by atomic mass is 35.5. The maximum atomic E-state index is 12.3. The summed E-state index contributed by atoms with van der Waals surface area (Å²) in [6, 6.07) is 6.82. The van der Waals surface area contributed by atoms with Gasteiger partial charge in [0.1, 0.15) is 24.1 Å². The first kappa shape index (κ1) is 17.0. The number of hydrogen-bond donors (Lipinski definition) is 1. The van der Waals surface area contributed by atoms with Crippen molar-refractivity contribution < 1.29 is 9.53 Å². The van der Waals surface area contributed by atoms with E-state index in [1.165, 1.54) is 12.7 Å². The third kappa shape index (κ3) is 3.80. The van der Waals surface area contributed by atoms with E-state index in [1.807, 2.05) is 13.8 Å². The van der Waals surface area contributed by atoms with E-state index in [4.69, 9.17) is 16.3 Å². The molecule has 0 radical (unpaired) electrons. The van der Waals surface area contributed by atoms with Gasteiger partial charge in [0.15, 0.2) is 12.4 Å². The lowest BCUT2D eigenvalue weighted by Crippen LogP contribution is -2.21. The van der Waals surface area contributed by atoms with Crippen LogP contribution in [0, 0.1) is 6.92 Å². The Balaban J connectivity index is 1.74. The largest absolute Gasteiger partial charge is 0.484 e. The molecule has 3 aromatic rings. The van der Waals surface area contributed by atoms with Crippen LogP contribution in [0.15, 0.2) is 36.9 Å². The normalized spacial score (nSPS) is 10.7. The lowest BCUT2D eigenvalue weighted by atomic mass is 10.3. The molecule has 1 N–H and O–H groups in total.